The highest BCUT2D eigenvalue weighted by atomic mass is 35.5. The van der Waals surface area contributed by atoms with Crippen LogP contribution in [0.1, 0.15) is 11.1 Å². The first kappa shape index (κ1) is 14.3. The van der Waals surface area contributed by atoms with Crippen molar-refractivity contribution in [2.45, 2.75) is 13.5 Å². The number of halogens is 2. The maximum absolute atomic E-state index is 13.4. The van der Waals surface area contributed by atoms with E-state index in [9.17, 15) is 14.5 Å². The summed E-state index contributed by atoms with van der Waals surface area (Å²) in [6.45, 7) is 1.86. The molecule has 104 valence electrons. The minimum atomic E-state index is -0.469. The minimum Gasteiger partial charge on any atom is -0.381 e. The van der Waals surface area contributed by atoms with Crippen molar-refractivity contribution in [3.63, 3.8) is 0 Å². The summed E-state index contributed by atoms with van der Waals surface area (Å²) in [5.74, 6) is -0.324. The zero-order chi connectivity index (χ0) is 14.7. The van der Waals surface area contributed by atoms with Gasteiger partial charge in [0.1, 0.15) is 5.82 Å². The molecule has 0 atom stereocenters. The lowest BCUT2D eigenvalue weighted by molar-refractivity contribution is -0.385. The van der Waals surface area contributed by atoms with Gasteiger partial charge in [-0.1, -0.05) is 17.7 Å². The van der Waals surface area contributed by atoms with Crippen LogP contribution in [0, 0.1) is 22.9 Å². The zero-order valence-corrected chi connectivity index (χ0v) is 11.4. The molecule has 0 amide bonds. The van der Waals surface area contributed by atoms with Crippen molar-refractivity contribution >= 4 is 23.0 Å². The first-order valence-electron chi connectivity index (χ1n) is 5.90. The third-order valence-electron chi connectivity index (χ3n) is 2.89. The lowest BCUT2D eigenvalue weighted by atomic mass is 10.1. The Kier molecular flexibility index (Phi) is 4.20. The van der Waals surface area contributed by atoms with Crippen LogP contribution in [0.25, 0.3) is 0 Å². The van der Waals surface area contributed by atoms with Crippen molar-refractivity contribution < 1.29 is 9.31 Å². The third kappa shape index (κ3) is 3.24. The summed E-state index contributed by atoms with van der Waals surface area (Å²) in [6.07, 6.45) is 0. The van der Waals surface area contributed by atoms with E-state index in [0.29, 0.717) is 21.8 Å². The number of hydrogen-bond acceptors (Lipinski definition) is 3. The van der Waals surface area contributed by atoms with Gasteiger partial charge in [-0.2, -0.15) is 0 Å². The molecule has 1 N–H and O–H groups in total. The quantitative estimate of drug-likeness (QED) is 0.675. The van der Waals surface area contributed by atoms with Gasteiger partial charge in [0.15, 0.2) is 0 Å². The van der Waals surface area contributed by atoms with E-state index in [1.165, 1.54) is 24.3 Å². The van der Waals surface area contributed by atoms with Crippen LogP contribution in [-0.4, -0.2) is 4.92 Å². The molecule has 0 aliphatic carbocycles. The van der Waals surface area contributed by atoms with Crippen LogP contribution in [0.4, 0.5) is 15.8 Å². The van der Waals surface area contributed by atoms with E-state index in [0.717, 1.165) is 0 Å². The summed E-state index contributed by atoms with van der Waals surface area (Å²) in [5.41, 5.74) is 1.53. The maximum Gasteiger partial charge on any atom is 0.274 e. The molecule has 2 rings (SSSR count). The predicted molar refractivity (Wildman–Crippen MR) is 76.6 cm³/mol. The fourth-order valence-electron chi connectivity index (χ4n) is 1.77. The lowest BCUT2D eigenvalue weighted by Gasteiger charge is -2.08. The van der Waals surface area contributed by atoms with Gasteiger partial charge < -0.3 is 5.32 Å². The van der Waals surface area contributed by atoms with E-state index in [4.69, 9.17) is 11.6 Å². The van der Waals surface area contributed by atoms with Crippen molar-refractivity contribution in [1.29, 1.82) is 0 Å². The average molecular weight is 295 g/mol. The van der Waals surface area contributed by atoms with Crippen molar-refractivity contribution in [1.82, 2.24) is 0 Å². The van der Waals surface area contributed by atoms with Gasteiger partial charge in [0.05, 0.1) is 10.5 Å². The lowest BCUT2D eigenvalue weighted by Crippen LogP contribution is -2.03. The molecule has 4 nitrogen and oxygen atoms in total. The Bertz CT molecular complexity index is 662. The van der Waals surface area contributed by atoms with Gasteiger partial charge in [0, 0.05) is 23.3 Å². The smallest absolute Gasteiger partial charge is 0.274 e. The minimum absolute atomic E-state index is 0.0190. The molecule has 0 saturated heterocycles. The molecule has 20 heavy (non-hydrogen) atoms. The highest BCUT2D eigenvalue weighted by molar-refractivity contribution is 6.30. The molecule has 0 radical (unpaired) electrons. The Balaban J connectivity index is 2.20. The first-order valence-corrected chi connectivity index (χ1v) is 6.28. The second kappa shape index (κ2) is 5.88. The van der Waals surface area contributed by atoms with Gasteiger partial charge in [-0.3, -0.25) is 10.1 Å². The number of nitro benzene ring substituents is 1. The predicted octanol–water partition coefficient (Wildman–Crippen LogP) is 4.31. The molecule has 0 unspecified atom stereocenters. The first-order chi connectivity index (χ1) is 9.47. The molecule has 6 heteroatoms. The average Bonchev–Trinajstić information content (AvgIpc) is 2.40. The van der Waals surface area contributed by atoms with E-state index in [1.807, 2.05) is 0 Å². The molecule has 2 aromatic rings. The Morgan fingerprint density at radius 2 is 2.05 bits per heavy atom. The number of aryl methyl sites for hydroxylation is 1. The summed E-state index contributed by atoms with van der Waals surface area (Å²) in [7, 11) is 0. The highest BCUT2D eigenvalue weighted by Crippen LogP contribution is 2.24. The molecule has 0 aliphatic heterocycles. The van der Waals surface area contributed by atoms with E-state index in [1.54, 1.807) is 19.1 Å². The molecule has 0 heterocycles. The van der Waals surface area contributed by atoms with Gasteiger partial charge in [-0.25, -0.2) is 4.39 Å². The van der Waals surface area contributed by atoms with E-state index < -0.39 is 4.92 Å². The van der Waals surface area contributed by atoms with Crippen LogP contribution in [-0.2, 0) is 6.54 Å². The molecule has 0 aliphatic rings. The Morgan fingerprint density at radius 3 is 2.70 bits per heavy atom. The number of rotatable bonds is 4. The number of hydrogen-bond donors (Lipinski definition) is 1. The number of nitrogens with one attached hydrogen (secondary N) is 1. The van der Waals surface area contributed by atoms with Crippen LogP contribution in [0.2, 0.25) is 5.02 Å². The van der Waals surface area contributed by atoms with E-state index >= 15 is 0 Å². The summed E-state index contributed by atoms with van der Waals surface area (Å²) >= 11 is 5.84. The summed E-state index contributed by atoms with van der Waals surface area (Å²) in [5, 5.41) is 14.3. The number of benzene rings is 2. The van der Waals surface area contributed by atoms with Crippen molar-refractivity contribution in [2.24, 2.45) is 0 Å². The Morgan fingerprint density at radius 1 is 1.30 bits per heavy atom. The number of nitro groups is 1. The van der Waals surface area contributed by atoms with Crippen molar-refractivity contribution in [2.75, 3.05) is 5.32 Å². The van der Waals surface area contributed by atoms with E-state index in [-0.39, 0.29) is 18.0 Å². The fraction of sp³-hybridized carbons (Fsp3) is 0.143. The summed E-state index contributed by atoms with van der Waals surface area (Å²) in [6, 6.07) is 9.06. The van der Waals surface area contributed by atoms with Gasteiger partial charge in [-0.15, -0.1) is 0 Å². The second-order valence-electron chi connectivity index (χ2n) is 4.35. The Hall–Kier alpha value is -2.14. The molecule has 0 aromatic heterocycles. The molecular formula is C14H12ClFN2O2. The molecule has 2 aromatic carbocycles. The SMILES string of the molecule is Cc1ccc(NCc2cc(Cl)ccc2[N+](=O)[O-])cc1F. The monoisotopic (exact) mass is 294 g/mol. The van der Waals surface area contributed by atoms with Crippen molar-refractivity contribution in [3.05, 3.63) is 68.5 Å². The van der Waals surface area contributed by atoms with Gasteiger partial charge >= 0.3 is 0 Å². The molecule has 0 bridgehead atoms. The van der Waals surface area contributed by atoms with Crippen LogP contribution in [0.15, 0.2) is 36.4 Å². The molecule has 0 fully saturated rings. The molecule has 0 spiro atoms. The molecular weight excluding hydrogens is 283 g/mol. The van der Waals surface area contributed by atoms with Gasteiger partial charge in [-0.05, 0) is 36.8 Å². The van der Waals surface area contributed by atoms with Gasteiger partial charge in [0.2, 0.25) is 0 Å². The topological polar surface area (TPSA) is 55.2 Å². The van der Waals surface area contributed by atoms with Crippen LogP contribution in [0.5, 0.6) is 0 Å². The standard InChI is InChI=1S/C14H12ClFN2O2/c1-9-2-4-12(7-13(9)16)17-8-10-6-11(15)3-5-14(10)18(19)20/h2-7,17H,8H2,1H3. The second-order valence-corrected chi connectivity index (χ2v) is 4.78. The van der Waals surface area contributed by atoms with E-state index in [2.05, 4.69) is 5.32 Å². The number of anilines is 1. The van der Waals surface area contributed by atoms with Crippen molar-refractivity contribution in [3.8, 4) is 0 Å². The van der Waals surface area contributed by atoms with Crippen LogP contribution in [0.3, 0.4) is 0 Å². The fourth-order valence-corrected chi connectivity index (χ4v) is 1.97. The summed E-state index contributed by atoms with van der Waals surface area (Å²) < 4.78 is 13.4. The maximum atomic E-state index is 13.4. The number of nitrogens with zero attached hydrogens (tertiary/aromatic N) is 1. The Labute approximate surface area is 120 Å². The third-order valence-corrected chi connectivity index (χ3v) is 3.13. The molecule has 0 saturated carbocycles. The zero-order valence-electron chi connectivity index (χ0n) is 10.7. The largest absolute Gasteiger partial charge is 0.381 e. The van der Waals surface area contributed by atoms with Crippen LogP contribution >= 0.6 is 11.6 Å². The normalized spacial score (nSPS) is 10.3. The van der Waals surface area contributed by atoms with Gasteiger partial charge in [0.25, 0.3) is 5.69 Å². The van der Waals surface area contributed by atoms with Crippen LogP contribution < -0.4 is 5.32 Å². The highest BCUT2D eigenvalue weighted by Gasteiger charge is 2.13. The summed E-state index contributed by atoms with van der Waals surface area (Å²) in [4.78, 5) is 10.4.